The molecule has 102 valence electrons. The molecular weight excluding hydrogens is 250 g/mol. The Morgan fingerprint density at radius 2 is 1.80 bits per heavy atom. The summed E-state index contributed by atoms with van der Waals surface area (Å²) in [5.41, 5.74) is 8.13. The highest BCUT2D eigenvalue weighted by atomic mass is 16.5. The van der Waals surface area contributed by atoms with Crippen molar-refractivity contribution in [1.82, 2.24) is 10.1 Å². The molecule has 4 heteroatoms. The average molecular weight is 267 g/mol. The van der Waals surface area contributed by atoms with Gasteiger partial charge in [0.25, 0.3) is 0 Å². The first kappa shape index (κ1) is 10.9. The molecule has 2 N–H and O–H groups in total. The molecule has 2 aromatic rings. The summed E-state index contributed by atoms with van der Waals surface area (Å²) in [6.07, 6.45) is 7.86. The third-order valence-corrected chi connectivity index (χ3v) is 5.75. The van der Waals surface area contributed by atoms with Gasteiger partial charge in [0.1, 0.15) is 5.76 Å². The van der Waals surface area contributed by atoms with Gasteiger partial charge >= 0.3 is 0 Å². The molecule has 4 nitrogen and oxygen atoms in total. The van der Waals surface area contributed by atoms with Crippen LogP contribution in [-0.4, -0.2) is 10.1 Å². The van der Waals surface area contributed by atoms with Gasteiger partial charge in [0.15, 0.2) is 5.82 Å². The molecule has 0 spiro atoms. The molecule has 3 saturated carbocycles. The number of hydrogen-bond acceptors (Lipinski definition) is 4. The number of nitrogens with two attached hydrogens (primary N) is 1. The van der Waals surface area contributed by atoms with Crippen LogP contribution in [0.25, 0.3) is 11.1 Å². The molecule has 0 aromatic carbocycles. The summed E-state index contributed by atoms with van der Waals surface area (Å²) < 4.78 is 5.64. The second-order valence-electron chi connectivity index (χ2n) is 6.56. The summed E-state index contributed by atoms with van der Waals surface area (Å²) in [6, 6.07) is 3.97. The number of pyridine rings is 1. The van der Waals surface area contributed by atoms with E-state index >= 15 is 0 Å². The lowest BCUT2D eigenvalue weighted by Gasteiger charge is -2.07. The van der Waals surface area contributed by atoms with E-state index in [0.717, 1.165) is 40.6 Å². The molecule has 3 aliphatic carbocycles. The Morgan fingerprint density at radius 1 is 1.10 bits per heavy atom. The molecule has 0 aliphatic heterocycles. The fourth-order valence-corrected chi connectivity index (χ4v) is 5.03. The number of anilines is 1. The van der Waals surface area contributed by atoms with Gasteiger partial charge in [-0.1, -0.05) is 5.16 Å². The fraction of sp³-hybridized carbons (Fsp3) is 0.500. The summed E-state index contributed by atoms with van der Waals surface area (Å²) in [4.78, 5) is 4.07. The minimum atomic E-state index is 0.517. The summed E-state index contributed by atoms with van der Waals surface area (Å²) in [5, 5.41) is 4.03. The van der Waals surface area contributed by atoms with Crippen LogP contribution in [0.1, 0.15) is 30.9 Å². The lowest BCUT2D eigenvalue weighted by atomic mass is 9.97. The third kappa shape index (κ3) is 1.27. The topological polar surface area (TPSA) is 64.9 Å². The largest absolute Gasteiger partial charge is 0.380 e. The van der Waals surface area contributed by atoms with Gasteiger partial charge in [-0.05, 0) is 60.6 Å². The van der Waals surface area contributed by atoms with E-state index in [0.29, 0.717) is 11.7 Å². The van der Waals surface area contributed by atoms with Crippen molar-refractivity contribution < 1.29 is 4.52 Å². The first-order valence-corrected chi connectivity index (χ1v) is 7.50. The van der Waals surface area contributed by atoms with E-state index in [1.54, 1.807) is 12.4 Å². The van der Waals surface area contributed by atoms with E-state index in [2.05, 4.69) is 10.1 Å². The molecule has 0 amide bonds. The van der Waals surface area contributed by atoms with Crippen LogP contribution < -0.4 is 5.73 Å². The van der Waals surface area contributed by atoms with Crippen LogP contribution in [0.15, 0.2) is 29.0 Å². The monoisotopic (exact) mass is 267 g/mol. The zero-order valence-electron chi connectivity index (χ0n) is 11.2. The van der Waals surface area contributed by atoms with Gasteiger partial charge in [-0.2, -0.15) is 0 Å². The second-order valence-corrected chi connectivity index (χ2v) is 6.56. The summed E-state index contributed by atoms with van der Waals surface area (Å²) >= 11 is 0. The highest BCUT2D eigenvalue weighted by Gasteiger charge is 2.67. The SMILES string of the molecule is Nc1noc(C2C3C4CCC(C4)C23)c1-c1ccncc1. The van der Waals surface area contributed by atoms with Crippen molar-refractivity contribution in [2.75, 3.05) is 5.73 Å². The number of nitrogens with zero attached hydrogens (tertiary/aromatic N) is 2. The number of nitrogen functional groups attached to an aromatic ring is 1. The molecule has 3 fully saturated rings. The zero-order chi connectivity index (χ0) is 13.3. The van der Waals surface area contributed by atoms with Gasteiger partial charge < -0.3 is 10.3 Å². The van der Waals surface area contributed by atoms with E-state index in [-0.39, 0.29) is 0 Å². The van der Waals surface area contributed by atoms with Gasteiger partial charge in [0.2, 0.25) is 0 Å². The third-order valence-electron chi connectivity index (χ3n) is 5.75. The summed E-state index contributed by atoms with van der Waals surface area (Å²) in [5.74, 6) is 5.62. The fourth-order valence-electron chi connectivity index (χ4n) is 5.03. The highest BCUT2D eigenvalue weighted by molar-refractivity contribution is 5.76. The molecule has 3 aliphatic rings. The second kappa shape index (κ2) is 3.62. The average Bonchev–Trinajstić information content (AvgIpc) is 2.80. The smallest absolute Gasteiger partial charge is 0.175 e. The van der Waals surface area contributed by atoms with Crippen LogP contribution in [-0.2, 0) is 0 Å². The Labute approximate surface area is 117 Å². The quantitative estimate of drug-likeness (QED) is 0.908. The van der Waals surface area contributed by atoms with Crippen LogP contribution in [0, 0.1) is 23.7 Å². The number of fused-ring (bicyclic) bond motifs is 5. The molecule has 2 bridgehead atoms. The van der Waals surface area contributed by atoms with E-state index in [1.807, 2.05) is 12.1 Å². The van der Waals surface area contributed by atoms with Crippen LogP contribution in [0.4, 0.5) is 5.82 Å². The van der Waals surface area contributed by atoms with Gasteiger partial charge in [0, 0.05) is 18.3 Å². The number of aromatic nitrogens is 2. The van der Waals surface area contributed by atoms with Crippen molar-refractivity contribution in [1.29, 1.82) is 0 Å². The van der Waals surface area contributed by atoms with Crippen LogP contribution in [0.3, 0.4) is 0 Å². The van der Waals surface area contributed by atoms with Crippen molar-refractivity contribution in [3.8, 4) is 11.1 Å². The Morgan fingerprint density at radius 3 is 2.50 bits per heavy atom. The molecular formula is C16H17N3O. The normalized spacial score (nSPS) is 37.1. The molecule has 5 rings (SSSR count). The molecule has 0 radical (unpaired) electrons. The van der Waals surface area contributed by atoms with Gasteiger partial charge in [-0.15, -0.1) is 0 Å². The van der Waals surface area contributed by atoms with Crippen molar-refractivity contribution in [3.63, 3.8) is 0 Å². The molecule has 4 unspecified atom stereocenters. The predicted molar refractivity (Wildman–Crippen MR) is 74.7 cm³/mol. The van der Waals surface area contributed by atoms with Gasteiger partial charge in [0.05, 0.1) is 5.56 Å². The first-order chi connectivity index (χ1) is 9.84. The summed E-state index contributed by atoms with van der Waals surface area (Å²) in [6.45, 7) is 0. The molecule has 2 aromatic heterocycles. The van der Waals surface area contributed by atoms with Crippen molar-refractivity contribution >= 4 is 5.82 Å². The lowest BCUT2D eigenvalue weighted by molar-refractivity contribution is 0.365. The minimum Gasteiger partial charge on any atom is -0.380 e. The predicted octanol–water partition coefficient (Wildman–Crippen LogP) is 3.08. The summed E-state index contributed by atoms with van der Waals surface area (Å²) in [7, 11) is 0. The Hall–Kier alpha value is -1.84. The molecule has 0 saturated heterocycles. The van der Waals surface area contributed by atoms with Crippen molar-refractivity contribution in [2.45, 2.75) is 25.2 Å². The Kier molecular flexibility index (Phi) is 1.97. The Bertz CT molecular complexity index is 650. The maximum absolute atomic E-state index is 6.05. The number of hydrogen-bond donors (Lipinski definition) is 1. The van der Waals surface area contributed by atoms with Gasteiger partial charge in [-0.25, -0.2) is 0 Å². The maximum Gasteiger partial charge on any atom is 0.175 e. The van der Waals surface area contributed by atoms with Crippen LogP contribution >= 0.6 is 0 Å². The molecule has 20 heavy (non-hydrogen) atoms. The first-order valence-electron chi connectivity index (χ1n) is 7.50. The maximum atomic E-state index is 6.05. The number of rotatable bonds is 2. The Balaban J connectivity index is 1.58. The van der Waals surface area contributed by atoms with Crippen molar-refractivity contribution in [3.05, 3.63) is 30.3 Å². The lowest BCUT2D eigenvalue weighted by Crippen LogP contribution is -1.98. The van der Waals surface area contributed by atoms with Crippen molar-refractivity contribution in [2.24, 2.45) is 23.7 Å². The molecule has 4 atom stereocenters. The van der Waals surface area contributed by atoms with Gasteiger partial charge in [-0.3, -0.25) is 4.98 Å². The van der Waals surface area contributed by atoms with E-state index < -0.39 is 0 Å². The van der Waals surface area contributed by atoms with Crippen LogP contribution in [0.2, 0.25) is 0 Å². The standard InChI is InChI=1S/C16H17N3O/c17-16-13(8-3-5-18-6-4-8)15(20-19-16)14-11-9-1-2-10(7-9)12(11)14/h3-6,9-12,14H,1-2,7H2,(H2,17,19). The van der Waals surface area contributed by atoms with E-state index in [4.69, 9.17) is 10.3 Å². The minimum absolute atomic E-state index is 0.517. The van der Waals surface area contributed by atoms with E-state index in [1.165, 1.54) is 19.3 Å². The zero-order valence-corrected chi connectivity index (χ0v) is 11.2. The highest BCUT2D eigenvalue weighted by Crippen LogP contribution is 2.73. The van der Waals surface area contributed by atoms with Crippen LogP contribution in [0.5, 0.6) is 0 Å². The molecule has 2 heterocycles. The van der Waals surface area contributed by atoms with E-state index in [9.17, 15) is 0 Å².